The smallest absolute Gasteiger partial charge is 0.241 e. The van der Waals surface area contributed by atoms with E-state index in [0.29, 0.717) is 4.90 Å². The Morgan fingerprint density at radius 3 is 2.48 bits per heavy atom. The molecule has 6 heteroatoms. The van der Waals surface area contributed by atoms with Crippen molar-refractivity contribution in [2.75, 3.05) is 7.05 Å². The molecule has 0 radical (unpaired) electrons. The molecule has 1 aromatic heterocycles. The molecule has 0 fully saturated rings. The van der Waals surface area contributed by atoms with Gasteiger partial charge in [0.15, 0.2) is 0 Å². The minimum absolute atomic E-state index is 0.106. The second kappa shape index (κ2) is 6.70. The maximum atomic E-state index is 12.5. The van der Waals surface area contributed by atoms with Gasteiger partial charge in [-0.25, -0.2) is 13.1 Å². The zero-order chi connectivity index (χ0) is 15.5. The van der Waals surface area contributed by atoms with Crippen molar-refractivity contribution >= 4 is 21.4 Å². The molecule has 0 amide bonds. The van der Waals surface area contributed by atoms with E-state index in [2.05, 4.69) is 10.0 Å². The van der Waals surface area contributed by atoms with Crippen molar-refractivity contribution in [2.45, 2.75) is 30.8 Å². The fourth-order valence-electron chi connectivity index (χ4n) is 2.01. The Hall–Kier alpha value is -1.21. The van der Waals surface area contributed by atoms with Crippen LogP contribution in [0.2, 0.25) is 0 Å². The first-order chi connectivity index (χ1) is 9.94. The molecule has 1 heterocycles. The number of sulfonamides is 1. The Labute approximate surface area is 130 Å². The Kier molecular flexibility index (Phi) is 5.16. The molecule has 0 aliphatic carbocycles. The predicted octanol–water partition coefficient (Wildman–Crippen LogP) is 3.07. The molecular weight excluding hydrogens is 304 g/mol. The molecule has 0 spiro atoms. The first kappa shape index (κ1) is 16.2. The normalized spacial score (nSPS) is 14.8. The van der Waals surface area contributed by atoms with Crippen LogP contribution < -0.4 is 10.0 Å². The average molecular weight is 324 g/mol. The van der Waals surface area contributed by atoms with Gasteiger partial charge in [0.2, 0.25) is 10.0 Å². The van der Waals surface area contributed by atoms with E-state index in [9.17, 15) is 8.42 Å². The number of rotatable bonds is 6. The zero-order valence-electron chi connectivity index (χ0n) is 12.3. The van der Waals surface area contributed by atoms with Gasteiger partial charge in [-0.2, -0.15) is 0 Å². The van der Waals surface area contributed by atoms with Crippen LogP contribution in [-0.2, 0) is 10.0 Å². The third-order valence-electron chi connectivity index (χ3n) is 3.40. The summed E-state index contributed by atoms with van der Waals surface area (Å²) in [5.41, 5.74) is 0.948. The molecule has 0 bridgehead atoms. The summed E-state index contributed by atoms with van der Waals surface area (Å²) in [6, 6.07) is 10.7. The quantitative estimate of drug-likeness (QED) is 0.858. The van der Waals surface area contributed by atoms with Crippen molar-refractivity contribution in [2.24, 2.45) is 0 Å². The number of nitrogens with one attached hydrogen (secondary N) is 2. The average Bonchev–Trinajstić information content (AvgIpc) is 3.00. The molecule has 2 N–H and O–H groups in total. The van der Waals surface area contributed by atoms with Crippen LogP contribution in [0.3, 0.4) is 0 Å². The largest absolute Gasteiger partial charge is 0.313 e. The van der Waals surface area contributed by atoms with Gasteiger partial charge in [0.05, 0.1) is 10.9 Å². The fourth-order valence-corrected chi connectivity index (χ4v) is 4.10. The highest BCUT2D eigenvalue weighted by molar-refractivity contribution is 7.89. The fraction of sp³-hybridized carbons (Fsp3) is 0.333. The highest BCUT2D eigenvalue weighted by Crippen LogP contribution is 2.22. The molecule has 1 aromatic carbocycles. The third kappa shape index (κ3) is 3.91. The molecule has 21 heavy (non-hydrogen) atoms. The van der Waals surface area contributed by atoms with E-state index in [1.807, 2.05) is 44.5 Å². The van der Waals surface area contributed by atoms with Gasteiger partial charge >= 0.3 is 0 Å². The van der Waals surface area contributed by atoms with E-state index in [1.54, 1.807) is 29.5 Å². The SMILES string of the molecule is CNC(C)c1cccc(S(=O)(=O)NC(C)c2cccs2)c1. The Morgan fingerprint density at radius 2 is 1.86 bits per heavy atom. The summed E-state index contributed by atoms with van der Waals surface area (Å²) in [5, 5.41) is 5.05. The Bertz CT molecular complexity index is 681. The van der Waals surface area contributed by atoms with Gasteiger partial charge in [-0.1, -0.05) is 18.2 Å². The summed E-state index contributed by atoms with van der Waals surface area (Å²) < 4.78 is 27.7. The predicted molar refractivity (Wildman–Crippen MR) is 87.0 cm³/mol. The molecule has 2 aromatic rings. The van der Waals surface area contributed by atoms with E-state index < -0.39 is 10.0 Å². The van der Waals surface area contributed by atoms with Gasteiger partial charge in [-0.3, -0.25) is 0 Å². The lowest BCUT2D eigenvalue weighted by molar-refractivity contribution is 0.568. The number of benzene rings is 1. The lowest BCUT2D eigenvalue weighted by Crippen LogP contribution is -2.26. The molecule has 4 nitrogen and oxygen atoms in total. The van der Waals surface area contributed by atoms with E-state index in [1.165, 1.54) is 0 Å². The first-order valence-electron chi connectivity index (χ1n) is 6.77. The molecule has 2 rings (SSSR count). The van der Waals surface area contributed by atoms with Crippen molar-refractivity contribution in [1.82, 2.24) is 10.0 Å². The molecule has 0 aliphatic heterocycles. The van der Waals surface area contributed by atoms with Crippen LogP contribution in [0.4, 0.5) is 0 Å². The van der Waals surface area contributed by atoms with Gasteiger partial charge in [0.25, 0.3) is 0 Å². The zero-order valence-corrected chi connectivity index (χ0v) is 14.0. The second-order valence-corrected chi connectivity index (χ2v) is 7.63. The summed E-state index contributed by atoms with van der Waals surface area (Å²) >= 11 is 1.54. The minimum Gasteiger partial charge on any atom is -0.313 e. The summed E-state index contributed by atoms with van der Waals surface area (Å²) in [6.45, 7) is 3.84. The number of thiophene rings is 1. The van der Waals surface area contributed by atoms with Crippen molar-refractivity contribution in [3.05, 3.63) is 52.2 Å². The van der Waals surface area contributed by atoms with Crippen molar-refractivity contribution in [3.63, 3.8) is 0 Å². The Balaban J connectivity index is 2.23. The minimum atomic E-state index is -3.52. The van der Waals surface area contributed by atoms with Gasteiger partial charge < -0.3 is 5.32 Å². The molecule has 2 atom stereocenters. The van der Waals surface area contributed by atoms with E-state index in [0.717, 1.165) is 10.4 Å². The highest BCUT2D eigenvalue weighted by atomic mass is 32.2. The molecule has 2 unspecified atom stereocenters. The van der Waals surface area contributed by atoms with Gasteiger partial charge in [0, 0.05) is 10.9 Å². The van der Waals surface area contributed by atoms with Crippen LogP contribution in [0.5, 0.6) is 0 Å². The number of hydrogen-bond acceptors (Lipinski definition) is 4. The van der Waals surface area contributed by atoms with Crippen molar-refractivity contribution in [3.8, 4) is 0 Å². The topological polar surface area (TPSA) is 58.2 Å². The maximum Gasteiger partial charge on any atom is 0.241 e. The van der Waals surface area contributed by atoms with E-state index in [-0.39, 0.29) is 12.1 Å². The maximum absolute atomic E-state index is 12.5. The van der Waals surface area contributed by atoms with Crippen LogP contribution in [0.15, 0.2) is 46.7 Å². The van der Waals surface area contributed by atoms with Crippen molar-refractivity contribution in [1.29, 1.82) is 0 Å². The summed E-state index contributed by atoms with van der Waals surface area (Å²) in [7, 11) is -1.67. The van der Waals surface area contributed by atoms with Crippen molar-refractivity contribution < 1.29 is 8.42 Å². The second-order valence-electron chi connectivity index (χ2n) is 4.94. The summed E-state index contributed by atoms with van der Waals surface area (Å²) in [4.78, 5) is 1.30. The molecule has 0 saturated heterocycles. The van der Waals surface area contributed by atoms with Gasteiger partial charge in [0.1, 0.15) is 0 Å². The van der Waals surface area contributed by atoms with Crippen LogP contribution >= 0.6 is 11.3 Å². The lowest BCUT2D eigenvalue weighted by atomic mass is 10.1. The monoisotopic (exact) mass is 324 g/mol. The Morgan fingerprint density at radius 1 is 1.10 bits per heavy atom. The summed E-state index contributed by atoms with van der Waals surface area (Å²) in [5.74, 6) is 0. The van der Waals surface area contributed by atoms with E-state index in [4.69, 9.17) is 0 Å². The van der Waals surface area contributed by atoms with Crippen LogP contribution in [0.25, 0.3) is 0 Å². The highest BCUT2D eigenvalue weighted by Gasteiger charge is 2.19. The van der Waals surface area contributed by atoms with Gasteiger partial charge in [-0.15, -0.1) is 11.3 Å². The molecule has 114 valence electrons. The summed E-state index contributed by atoms with van der Waals surface area (Å²) in [6.07, 6.45) is 0. The van der Waals surface area contributed by atoms with Crippen LogP contribution in [-0.4, -0.2) is 15.5 Å². The first-order valence-corrected chi connectivity index (χ1v) is 9.13. The lowest BCUT2D eigenvalue weighted by Gasteiger charge is -2.15. The standard InChI is InChI=1S/C15H20N2O2S2/c1-11(16-3)13-6-4-7-14(10-13)21(18,19)17-12(2)15-8-5-9-20-15/h4-12,16-17H,1-3H3. The van der Waals surface area contributed by atoms with Crippen LogP contribution in [0.1, 0.15) is 36.4 Å². The van der Waals surface area contributed by atoms with Crippen LogP contribution in [0, 0.1) is 0 Å². The van der Waals surface area contributed by atoms with Gasteiger partial charge in [-0.05, 0) is 50.0 Å². The molecule has 0 saturated carbocycles. The number of hydrogen-bond donors (Lipinski definition) is 2. The molecular formula is C15H20N2O2S2. The van der Waals surface area contributed by atoms with E-state index >= 15 is 0 Å². The third-order valence-corrected chi connectivity index (χ3v) is 6.00. The molecule has 0 aliphatic rings.